The fourth-order valence-electron chi connectivity index (χ4n) is 2.15. The molecule has 0 aliphatic heterocycles. The van der Waals surface area contributed by atoms with E-state index in [-0.39, 0.29) is 12.1 Å². The smallest absolute Gasteiger partial charge is 0.163 e. The first-order valence-electron chi connectivity index (χ1n) is 6.11. The van der Waals surface area contributed by atoms with E-state index in [1.165, 1.54) is 0 Å². The molecular weight excluding hydrogens is 220 g/mol. The van der Waals surface area contributed by atoms with Gasteiger partial charge >= 0.3 is 0 Å². The molecule has 0 saturated heterocycles. The average molecular weight is 241 g/mol. The molecule has 0 aliphatic carbocycles. The Morgan fingerprint density at radius 1 is 1.12 bits per heavy atom. The minimum Gasteiger partial charge on any atom is -0.308 e. The molecule has 1 nitrogen and oxygen atoms in total. The highest BCUT2D eigenvalue weighted by atomic mass is 19.2. The summed E-state index contributed by atoms with van der Waals surface area (Å²) in [6, 6.07) is 4.41. The molecule has 1 aromatic carbocycles. The average Bonchev–Trinajstić information content (AvgIpc) is 2.20. The minimum atomic E-state index is -0.785. The highest BCUT2D eigenvalue weighted by Crippen LogP contribution is 2.20. The lowest BCUT2D eigenvalue weighted by atomic mass is 10.0. The largest absolute Gasteiger partial charge is 0.308 e. The van der Waals surface area contributed by atoms with Gasteiger partial charge in [0.1, 0.15) is 0 Å². The standard InChI is InChI=1S/C14H21F2N/c1-9(2)8-10(3)17-11(4)12-6-5-7-13(15)14(12)16/h5-7,9-11,17H,8H2,1-4H3. The van der Waals surface area contributed by atoms with Crippen molar-refractivity contribution in [1.82, 2.24) is 5.32 Å². The lowest BCUT2D eigenvalue weighted by Crippen LogP contribution is -2.30. The van der Waals surface area contributed by atoms with Gasteiger partial charge in [-0.3, -0.25) is 0 Å². The van der Waals surface area contributed by atoms with Crippen molar-refractivity contribution in [3.05, 3.63) is 35.4 Å². The van der Waals surface area contributed by atoms with Crippen LogP contribution in [-0.2, 0) is 0 Å². The van der Waals surface area contributed by atoms with Gasteiger partial charge in [0.05, 0.1) is 0 Å². The van der Waals surface area contributed by atoms with Crippen LogP contribution in [0.4, 0.5) is 8.78 Å². The molecule has 0 fully saturated rings. The van der Waals surface area contributed by atoms with Crippen molar-refractivity contribution in [3.8, 4) is 0 Å². The molecule has 0 bridgehead atoms. The fraction of sp³-hybridized carbons (Fsp3) is 0.571. The van der Waals surface area contributed by atoms with Crippen LogP contribution in [0.5, 0.6) is 0 Å². The van der Waals surface area contributed by atoms with Crippen LogP contribution in [0.15, 0.2) is 18.2 Å². The molecule has 96 valence electrons. The van der Waals surface area contributed by atoms with Crippen molar-refractivity contribution in [2.24, 2.45) is 5.92 Å². The third-order valence-corrected chi connectivity index (χ3v) is 2.81. The Hall–Kier alpha value is -0.960. The van der Waals surface area contributed by atoms with E-state index in [9.17, 15) is 8.78 Å². The van der Waals surface area contributed by atoms with Gasteiger partial charge in [0, 0.05) is 17.6 Å². The van der Waals surface area contributed by atoms with E-state index in [1.807, 2.05) is 6.92 Å². The van der Waals surface area contributed by atoms with Gasteiger partial charge in [0.15, 0.2) is 11.6 Å². The molecule has 3 heteroatoms. The Bertz CT molecular complexity index is 363. The minimum absolute atomic E-state index is 0.181. The van der Waals surface area contributed by atoms with Gasteiger partial charge in [-0.25, -0.2) is 8.78 Å². The molecule has 0 saturated carbocycles. The summed E-state index contributed by atoms with van der Waals surface area (Å²) in [6.07, 6.45) is 1.02. The Morgan fingerprint density at radius 2 is 1.76 bits per heavy atom. The summed E-state index contributed by atoms with van der Waals surface area (Å²) in [4.78, 5) is 0. The predicted molar refractivity (Wildman–Crippen MR) is 66.8 cm³/mol. The normalized spacial score (nSPS) is 15.0. The van der Waals surface area contributed by atoms with E-state index < -0.39 is 11.6 Å². The first kappa shape index (κ1) is 14.1. The summed E-state index contributed by atoms with van der Waals surface area (Å²) in [6.45, 7) is 8.21. The topological polar surface area (TPSA) is 12.0 Å². The van der Waals surface area contributed by atoms with Crippen molar-refractivity contribution in [2.75, 3.05) is 0 Å². The Kier molecular flexibility index (Phi) is 5.06. The number of rotatable bonds is 5. The number of nitrogens with one attached hydrogen (secondary N) is 1. The predicted octanol–water partition coefficient (Wildman–Crippen LogP) is 4.05. The summed E-state index contributed by atoms with van der Waals surface area (Å²) in [5.74, 6) is -0.945. The molecule has 2 atom stereocenters. The van der Waals surface area contributed by atoms with Crippen molar-refractivity contribution < 1.29 is 8.78 Å². The van der Waals surface area contributed by atoms with Crippen LogP contribution in [0.25, 0.3) is 0 Å². The molecule has 1 aromatic rings. The Labute approximate surface area is 102 Å². The second-order valence-electron chi connectivity index (χ2n) is 5.06. The molecule has 0 radical (unpaired) electrons. The molecule has 2 unspecified atom stereocenters. The maximum atomic E-state index is 13.6. The molecular formula is C14H21F2N. The van der Waals surface area contributed by atoms with Crippen LogP contribution in [0, 0.1) is 17.6 Å². The third-order valence-electron chi connectivity index (χ3n) is 2.81. The summed E-state index contributed by atoms with van der Waals surface area (Å²) < 4.78 is 26.6. The zero-order valence-corrected chi connectivity index (χ0v) is 10.9. The molecule has 0 aliphatic rings. The second-order valence-corrected chi connectivity index (χ2v) is 5.06. The fourth-order valence-corrected chi connectivity index (χ4v) is 2.15. The molecule has 0 aromatic heterocycles. The molecule has 1 rings (SSSR count). The van der Waals surface area contributed by atoms with Crippen LogP contribution in [0.2, 0.25) is 0 Å². The number of halogens is 2. The van der Waals surface area contributed by atoms with E-state index in [2.05, 4.69) is 26.1 Å². The van der Waals surface area contributed by atoms with E-state index >= 15 is 0 Å². The quantitative estimate of drug-likeness (QED) is 0.820. The number of hydrogen-bond acceptors (Lipinski definition) is 1. The van der Waals surface area contributed by atoms with Gasteiger partial charge in [-0.05, 0) is 32.3 Å². The lowest BCUT2D eigenvalue weighted by molar-refractivity contribution is 0.395. The monoisotopic (exact) mass is 241 g/mol. The lowest BCUT2D eigenvalue weighted by Gasteiger charge is -2.22. The Balaban J connectivity index is 2.69. The summed E-state index contributed by atoms with van der Waals surface area (Å²) >= 11 is 0. The third kappa shape index (κ3) is 4.08. The molecule has 17 heavy (non-hydrogen) atoms. The number of hydrogen-bond donors (Lipinski definition) is 1. The highest BCUT2D eigenvalue weighted by molar-refractivity contribution is 5.22. The van der Waals surface area contributed by atoms with Crippen molar-refractivity contribution >= 4 is 0 Å². The zero-order valence-electron chi connectivity index (χ0n) is 10.9. The zero-order chi connectivity index (χ0) is 13.0. The van der Waals surface area contributed by atoms with Gasteiger partial charge in [-0.1, -0.05) is 26.0 Å². The molecule has 0 amide bonds. The Morgan fingerprint density at radius 3 is 2.35 bits per heavy atom. The van der Waals surface area contributed by atoms with Gasteiger partial charge in [0.25, 0.3) is 0 Å². The van der Waals surface area contributed by atoms with Gasteiger partial charge in [0.2, 0.25) is 0 Å². The summed E-state index contributed by atoms with van der Waals surface area (Å²) in [5, 5.41) is 3.29. The van der Waals surface area contributed by atoms with Crippen molar-refractivity contribution in [3.63, 3.8) is 0 Å². The van der Waals surface area contributed by atoms with Crippen molar-refractivity contribution in [2.45, 2.75) is 46.2 Å². The highest BCUT2D eigenvalue weighted by Gasteiger charge is 2.16. The summed E-state index contributed by atoms with van der Waals surface area (Å²) in [7, 11) is 0. The number of benzene rings is 1. The molecule has 0 heterocycles. The van der Waals surface area contributed by atoms with E-state index in [1.54, 1.807) is 12.1 Å². The first-order valence-corrected chi connectivity index (χ1v) is 6.11. The van der Waals surface area contributed by atoms with Crippen LogP contribution < -0.4 is 5.32 Å². The maximum absolute atomic E-state index is 13.6. The second kappa shape index (κ2) is 6.10. The van der Waals surface area contributed by atoms with Crippen LogP contribution in [-0.4, -0.2) is 6.04 Å². The first-order chi connectivity index (χ1) is 7.91. The van der Waals surface area contributed by atoms with Gasteiger partial charge in [-0.15, -0.1) is 0 Å². The van der Waals surface area contributed by atoms with E-state index in [0.29, 0.717) is 11.5 Å². The van der Waals surface area contributed by atoms with E-state index in [0.717, 1.165) is 12.5 Å². The van der Waals surface area contributed by atoms with Crippen LogP contribution in [0.3, 0.4) is 0 Å². The van der Waals surface area contributed by atoms with Crippen LogP contribution >= 0.6 is 0 Å². The van der Waals surface area contributed by atoms with E-state index in [4.69, 9.17) is 0 Å². The van der Waals surface area contributed by atoms with Crippen LogP contribution in [0.1, 0.15) is 45.7 Å². The molecule has 1 N–H and O–H groups in total. The maximum Gasteiger partial charge on any atom is 0.163 e. The SMILES string of the molecule is CC(C)CC(C)NC(C)c1cccc(F)c1F. The van der Waals surface area contributed by atoms with Crippen molar-refractivity contribution in [1.29, 1.82) is 0 Å². The summed E-state index contributed by atoms with van der Waals surface area (Å²) in [5.41, 5.74) is 0.389. The van der Waals surface area contributed by atoms with Gasteiger partial charge in [-0.2, -0.15) is 0 Å². The van der Waals surface area contributed by atoms with Gasteiger partial charge < -0.3 is 5.32 Å². The molecule has 0 spiro atoms.